The number of amides is 1. The molecular weight excluding hydrogens is 456 g/mol. The van der Waals surface area contributed by atoms with Crippen LogP contribution in [-0.4, -0.2) is 71.9 Å². The van der Waals surface area contributed by atoms with E-state index >= 15 is 0 Å². The van der Waals surface area contributed by atoms with Crippen LogP contribution in [0.4, 0.5) is 4.39 Å². The molecular formula is C21H25ClFN5O5. The summed E-state index contributed by atoms with van der Waals surface area (Å²) in [6.45, 7) is 1.95. The number of halogens is 2. The van der Waals surface area contributed by atoms with Crippen molar-refractivity contribution in [1.29, 1.82) is 0 Å². The highest BCUT2D eigenvalue weighted by molar-refractivity contribution is 6.32. The van der Waals surface area contributed by atoms with Gasteiger partial charge in [-0.2, -0.15) is 5.10 Å². The van der Waals surface area contributed by atoms with Gasteiger partial charge in [-0.1, -0.05) is 11.6 Å². The average molecular weight is 481 g/mol. The van der Waals surface area contributed by atoms with Crippen LogP contribution >= 0.6 is 11.6 Å². The number of alkyl halides is 1. The Morgan fingerprint density at radius 3 is 2.76 bits per heavy atom. The Balaban J connectivity index is 1.46. The minimum atomic E-state index is -0.511. The number of rotatable bonds is 15. The lowest BCUT2D eigenvalue weighted by Crippen LogP contribution is -2.26. The van der Waals surface area contributed by atoms with Gasteiger partial charge < -0.3 is 23.9 Å². The minimum Gasteiger partial charge on any atom is -0.490 e. The van der Waals surface area contributed by atoms with Crippen LogP contribution in [0, 0.1) is 0 Å². The van der Waals surface area contributed by atoms with E-state index in [1.165, 1.54) is 12.7 Å². The van der Waals surface area contributed by atoms with E-state index in [-0.39, 0.29) is 24.8 Å². The van der Waals surface area contributed by atoms with Crippen molar-refractivity contribution in [3.05, 3.63) is 48.0 Å². The van der Waals surface area contributed by atoms with Crippen LogP contribution in [0.2, 0.25) is 5.02 Å². The number of oxazole rings is 1. The van der Waals surface area contributed by atoms with Gasteiger partial charge in [0.2, 0.25) is 0 Å². The third-order valence-electron chi connectivity index (χ3n) is 4.37. The lowest BCUT2D eigenvalue weighted by atomic mass is 10.1. The van der Waals surface area contributed by atoms with Gasteiger partial charge in [-0.05, 0) is 24.6 Å². The monoisotopic (exact) mass is 480 g/mol. The van der Waals surface area contributed by atoms with Gasteiger partial charge in [-0.15, -0.1) is 0 Å². The first kappa shape index (κ1) is 24.6. The van der Waals surface area contributed by atoms with E-state index in [2.05, 4.69) is 20.4 Å². The van der Waals surface area contributed by atoms with E-state index in [4.69, 9.17) is 30.2 Å². The fraction of sp³-hybridized carbons (Fsp3) is 0.429. The van der Waals surface area contributed by atoms with Crippen LogP contribution in [0.5, 0.6) is 5.75 Å². The zero-order valence-electron chi connectivity index (χ0n) is 17.9. The summed E-state index contributed by atoms with van der Waals surface area (Å²) in [7, 11) is 0. The Hall–Kier alpha value is -3.02. The van der Waals surface area contributed by atoms with Gasteiger partial charge in [0.05, 0.1) is 31.5 Å². The number of carbonyl (C=O) groups is 1. The molecule has 0 radical (unpaired) electrons. The molecule has 12 heteroatoms. The van der Waals surface area contributed by atoms with E-state index < -0.39 is 6.67 Å². The van der Waals surface area contributed by atoms with Crippen molar-refractivity contribution < 1.29 is 27.8 Å². The molecule has 0 spiro atoms. The van der Waals surface area contributed by atoms with Crippen LogP contribution in [0.25, 0.3) is 11.3 Å². The summed E-state index contributed by atoms with van der Waals surface area (Å²) in [5, 5.41) is 7.19. The standard InChI is InChI=1S/C21H25ClFN5O5/c22-17-12-16(2-3-18(17)32-11-10-31-9-8-30-7-4-23)20-19(26-15-33-20)21(29)25-5-1-6-28-14-24-13-27-28/h2-3,12-15H,1,4-11H2,(H,25,29)/i23-1. The SMILES string of the molecule is O=C(NCCCn1cncn1)c1ncoc1-c1ccc(OCCOCCOCC[18F])c(Cl)c1. The second-order valence-electron chi connectivity index (χ2n) is 6.71. The average Bonchev–Trinajstić information content (AvgIpc) is 3.51. The molecule has 1 N–H and O–H groups in total. The lowest BCUT2D eigenvalue weighted by Gasteiger charge is -2.10. The number of ether oxygens (including phenoxy) is 3. The van der Waals surface area contributed by atoms with Crippen molar-refractivity contribution in [2.75, 3.05) is 46.3 Å². The molecule has 0 aliphatic heterocycles. The molecule has 1 aromatic carbocycles. The van der Waals surface area contributed by atoms with Crippen molar-refractivity contribution in [2.24, 2.45) is 0 Å². The predicted molar refractivity (Wildman–Crippen MR) is 117 cm³/mol. The Bertz CT molecular complexity index is 985. The number of benzene rings is 1. The topological polar surface area (TPSA) is 114 Å². The van der Waals surface area contributed by atoms with Crippen LogP contribution in [0.3, 0.4) is 0 Å². The van der Waals surface area contributed by atoms with Gasteiger partial charge in [-0.25, -0.2) is 14.4 Å². The molecule has 0 saturated carbocycles. The molecule has 33 heavy (non-hydrogen) atoms. The normalized spacial score (nSPS) is 11.0. The van der Waals surface area contributed by atoms with Gasteiger partial charge in [0.25, 0.3) is 5.91 Å². The lowest BCUT2D eigenvalue weighted by molar-refractivity contribution is 0.0325. The zero-order chi connectivity index (χ0) is 23.3. The maximum atomic E-state index is 12.5. The Morgan fingerprint density at radius 2 is 2.00 bits per heavy atom. The number of aromatic nitrogens is 4. The maximum Gasteiger partial charge on any atom is 0.273 e. The molecule has 0 saturated heterocycles. The smallest absolute Gasteiger partial charge is 0.273 e. The third-order valence-corrected chi connectivity index (χ3v) is 4.67. The fourth-order valence-corrected chi connectivity index (χ4v) is 3.07. The first-order chi connectivity index (χ1) is 16.2. The van der Waals surface area contributed by atoms with Crippen molar-refractivity contribution in [3.8, 4) is 17.1 Å². The second kappa shape index (κ2) is 13.5. The summed E-state index contributed by atoms with van der Waals surface area (Å²) in [5.74, 6) is 0.437. The summed E-state index contributed by atoms with van der Waals surface area (Å²) in [6, 6.07) is 5.06. The highest BCUT2D eigenvalue weighted by Crippen LogP contribution is 2.31. The number of hydrogen-bond donors (Lipinski definition) is 1. The van der Waals surface area contributed by atoms with Gasteiger partial charge in [0.15, 0.2) is 17.8 Å². The molecule has 0 unspecified atom stereocenters. The third kappa shape index (κ3) is 7.81. The molecule has 10 nitrogen and oxygen atoms in total. The molecule has 0 bridgehead atoms. The van der Waals surface area contributed by atoms with Gasteiger partial charge >= 0.3 is 0 Å². The van der Waals surface area contributed by atoms with Gasteiger partial charge in [-0.3, -0.25) is 9.48 Å². The van der Waals surface area contributed by atoms with Crippen molar-refractivity contribution in [2.45, 2.75) is 13.0 Å². The molecule has 3 aromatic rings. The van der Waals surface area contributed by atoms with E-state index in [0.29, 0.717) is 61.4 Å². The molecule has 178 valence electrons. The summed E-state index contributed by atoms with van der Waals surface area (Å²) in [4.78, 5) is 20.4. The number of aryl methyl sites for hydroxylation is 1. The summed E-state index contributed by atoms with van der Waals surface area (Å²) in [5.41, 5.74) is 0.766. The van der Waals surface area contributed by atoms with Crippen molar-refractivity contribution in [3.63, 3.8) is 0 Å². The van der Waals surface area contributed by atoms with E-state index in [1.54, 1.807) is 29.2 Å². The van der Waals surface area contributed by atoms with E-state index in [1.807, 2.05) is 0 Å². The highest BCUT2D eigenvalue weighted by Gasteiger charge is 2.19. The van der Waals surface area contributed by atoms with E-state index in [0.717, 1.165) is 0 Å². The molecule has 0 aliphatic carbocycles. The Labute approximate surface area is 195 Å². The number of carbonyl (C=O) groups excluding carboxylic acids is 1. The number of nitrogens with one attached hydrogen (secondary N) is 1. The van der Waals surface area contributed by atoms with Crippen LogP contribution in [0.1, 0.15) is 16.9 Å². The second-order valence-corrected chi connectivity index (χ2v) is 7.11. The first-order valence-corrected chi connectivity index (χ1v) is 10.7. The molecule has 0 fully saturated rings. The molecule has 0 aliphatic rings. The molecule has 2 aromatic heterocycles. The molecule has 1 amide bonds. The molecule has 0 atom stereocenters. The molecule has 2 heterocycles. The minimum absolute atomic E-state index is 0.0698. The molecule has 3 rings (SSSR count). The van der Waals surface area contributed by atoms with Crippen molar-refractivity contribution in [1.82, 2.24) is 25.1 Å². The summed E-state index contributed by atoms with van der Waals surface area (Å²) < 4.78 is 35.0. The van der Waals surface area contributed by atoms with E-state index in [9.17, 15) is 9.18 Å². The van der Waals surface area contributed by atoms with Crippen LogP contribution < -0.4 is 10.1 Å². The first-order valence-electron chi connectivity index (χ1n) is 10.4. The zero-order valence-corrected chi connectivity index (χ0v) is 18.7. The highest BCUT2D eigenvalue weighted by atomic mass is 35.5. The maximum absolute atomic E-state index is 12.5. The fourth-order valence-electron chi connectivity index (χ4n) is 2.83. The van der Waals surface area contributed by atoms with Crippen molar-refractivity contribution >= 4 is 17.5 Å². The Morgan fingerprint density at radius 1 is 1.18 bits per heavy atom. The number of nitrogens with zero attached hydrogens (tertiary/aromatic N) is 4. The summed E-state index contributed by atoms with van der Waals surface area (Å²) >= 11 is 6.33. The predicted octanol–water partition coefficient (Wildman–Crippen LogP) is 2.79. The number of hydrogen-bond acceptors (Lipinski definition) is 8. The van der Waals surface area contributed by atoms with Gasteiger partial charge in [0.1, 0.15) is 31.7 Å². The largest absolute Gasteiger partial charge is 0.490 e. The quantitative estimate of drug-likeness (QED) is 0.330. The van der Waals surface area contributed by atoms with Crippen LogP contribution in [0.15, 0.2) is 41.7 Å². The Kier molecular flexibility index (Phi) is 10.1. The van der Waals surface area contributed by atoms with Gasteiger partial charge in [0, 0.05) is 18.7 Å². The van der Waals surface area contributed by atoms with Crippen LogP contribution in [-0.2, 0) is 16.0 Å². The summed E-state index contributed by atoms with van der Waals surface area (Å²) in [6.07, 6.45) is 4.99.